The molecule has 5 nitrogen and oxygen atoms in total. The molecule has 0 radical (unpaired) electrons. The summed E-state index contributed by atoms with van der Waals surface area (Å²) in [6.07, 6.45) is 3.02. The van der Waals surface area contributed by atoms with Crippen LogP contribution in [0.1, 0.15) is 5.56 Å². The molecule has 0 saturated carbocycles. The van der Waals surface area contributed by atoms with Gasteiger partial charge in [-0.15, -0.1) is 0 Å². The zero-order valence-corrected chi connectivity index (χ0v) is 17.0. The van der Waals surface area contributed by atoms with E-state index in [1.54, 1.807) is 37.3 Å². The van der Waals surface area contributed by atoms with E-state index in [4.69, 9.17) is 39.5 Å². The van der Waals surface area contributed by atoms with E-state index in [0.29, 0.717) is 32.8 Å². The molecule has 0 bridgehead atoms. The number of aryl methyl sites for hydroxylation is 1. The second-order valence-electron chi connectivity index (χ2n) is 5.60. The molecule has 0 aliphatic carbocycles. The Balaban J connectivity index is 1.79. The highest BCUT2D eigenvalue weighted by molar-refractivity contribution is 7.92. The summed E-state index contributed by atoms with van der Waals surface area (Å²) in [5.74, 6) is 0.974. The smallest absolute Gasteiger partial charge is 0.263 e. The lowest BCUT2D eigenvalue weighted by Gasteiger charge is -2.12. The van der Waals surface area contributed by atoms with Crippen molar-refractivity contribution in [3.8, 4) is 11.5 Å². The van der Waals surface area contributed by atoms with Gasteiger partial charge in [-0.1, -0.05) is 34.8 Å². The molecule has 0 amide bonds. The van der Waals surface area contributed by atoms with Gasteiger partial charge in [-0.05, 0) is 48.9 Å². The molecule has 3 aromatic rings. The van der Waals surface area contributed by atoms with E-state index in [1.165, 1.54) is 24.5 Å². The van der Waals surface area contributed by atoms with Gasteiger partial charge in [-0.3, -0.25) is 9.71 Å². The third kappa shape index (κ3) is 4.84. The van der Waals surface area contributed by atoms with Gasteiger partial charge in [0.15, 0.2) is 0 Å². The quantitative estimate of drug-likeness (QED) is 0.529. The molecule has 0 unspecified atom stereocenters. The Labute approximate surface area is 171 Å². The van der Waals surface area contributed by atoms with Gasteiger partial charge in [0.25, 0.3) is 10.0 Å². The van der Waals surface area contributed by atoms with Crippen molar-refractivity contribution in [3.05, 3.63) is 75.5 Å². The summed E-state index contributed by atoms with van der Waals surface area (Å²) in [5.41, 5.74) is 0.968. The molecule has 0 aliphatic rings. The van der Waals surface area contributed by atoms with Gasteiger partial charge in [-0.2, -0.15) is 0 Å². The molecule has 0 fully saturated rings. The molecule has 1 aromatic heterocycles. The minimum absolute atomic E-state index is 0.0450. The van der Waals surface area contributed by atoms with Gasteiger partial charge in [0.2, 0.25) is 0 Å². The number of ether oxygens (including phenoxy) is 1. The number of hydrogen-bond acceptors (Lipinski definition) is 4. The Morgan fingerprint density at radius 3 is 2.30 bits per heavy atom. The summed E-state index contributed by atoms with van der Waals surface area (Å²) >= 11 is 17.9. The predicted octanol–water partition coefficient (Wildman–Crippen LogP) is 5.94. The Kier molecular flexibility index (Phi) is 5.81. The highest BCUT2D eigenvalue weighted by atomic mass is 35.5. The second kappa shape index (κ2) is 7.94. The minimum atomic E-state index is -3.87. The molecule has 9 heteroatoms. The molecule has 140 valence electrons. The number of anilines is 1. The number of pyridine rings is 1. The van der Waals surface area contributed by atoms with Crippen LogP contribution in [0.4, 0.5) is 5.69 Å². The first-order chi connectivity index (χ1) is 12.7. The normalized spacial score (nSPS) is 11.3. The maximum Gasteiger partial charge on any atom is 0.263 e. The SMILES string of the molecule is Cc1cc(S(=O)(=O)Nc2ccc(Oc3cncc(Cl)c3)cc2)c(Cl)cc1Cl. The van der Waals surface area contributed by atoms with Crippen molar-refractivity contribution in [2.75, 3.05) is 4.72 Å². The number of rotatable bonds is 5. The Morgan fingerprint density at radius 2 is 1.63 bits per heavy atom. The molecule has 27 heavy (non-hydrogen) atoms. The van der Waals surface area contributed by atoms with Gasteiger partial charge in [0.1, 0.15) is 16.4 Å². The van der Waals surface area contributed by atoms with E-state index in [0.717, 1.165) is 0 Å². The first kappa shape index (κ1) is 19.8. The van der Waals surface area contributed by atoms with Gasteiger partial charge >= 0.3 is 0 Å². The number of aromatic nitrogens is 1. The lowest BCUT2D eigenvalue weighted by atomic mass is 10.2. The third-order valence-corrected chi connectivity index (χ3v) is 5.98. The fourth-order valence-corrected chi connectivity index (χ4v) is 4.28. The van der Waals surface area contributed by atoms with Crippen LogP contribution in [0.2, 0.25) is 15.1 Å². The monoisotopic (exact) mass is 442 g/mol. The minimum Gasteiger partial charge on any atom is -0.456 e. The van der Waals surface area contributed by atoms with Crippen LogP contribution >= 0.6 is 34.8 Å². The van der Waals surface area contributed by atoms with Gasteiger partial charge in [-0.25, -0.2) is 8.42 Å². The van der Waals surface area contributed by atoms with E-state index < -0.39 is 10.0 Å². The highest BCUT2D eigenvalue weighted by Gasteiger charge is 2.19. The van der Waals surface area contributed by atoms with E-state index >= 15 is 0 Å². The van der Waals surface area contributed by atoms with Crippen molar-refractivity contribution in [2.45, 2.75) is 11.8 Å². The summed E-state index contributed by atoms with van der Waals surface area (Å²) in [4.78, 5) is 3.89. The van der Waals surface area contributed by atoms with Crippen LogP contribution in [0.5, 0.6) is 11.5 Å². The van der Waals surface area contributed by atoms with E-state index in [9.17, 15) is 8.42 Å². The largest absolute Gasteiger partial charge is 0.456 e. The van der Waals surface area contributed by atoms with Gasteiger partial charge in [0.05, 0.1) is 16.2 Å². The average Bonchev–Trinajstić information content (AvgIpc) is 2.59. The van der Waals surface area contributed by atoms with Gasteiger partial charge < -0.3 is 4.74 Å². The lowest BCUT2D eigenvalue weighted by Crippen LogP contribution is -2.13. The molecule has 1 heterocycles. The van der Waals surface area contributed by atoms with Crippen LogP contribution in [0.15, 0.2) is 59.8 Å². The van der Waals surface area contributed by atoms with E-state index in [1.807, 2.05) is 0 Å². The number of nitrogens with zero attached hydrogens (tertiary/aromatic N) is 1. The first-order valence-electron chi connectivity index (χ1n) is 7.61. The molecule has 0 atom stereocenters. The fraction of sp³-hybridized carbons (Fsp3) is 0.0556. The maximum atomic E-state index is 12.6. The van der Waals surface area contributed by atoms with Crippen LogP contribution in [-0.4, -0.2) is 13.4 Å². The average molecular weight is 444 g/mol. The maximum absolute atomic E-state index is 12.6. The standard InChI is InChI=1S/C18H13Cl3N2O3S/c1-11-6-18(17(21)8-16(11)20)27(24,25)23-13-2-4-14(5-3-13)26-15-7-12(19)9-22-10-15/h2-10,23H,1H3. The summed E-state index contributed by atoms with van der Waals surface area (Å²) in [6, 6.07) is 10.8. The van der Waals surface area contributed by atoms with Crippen molar-refractivity contribution in [1.82, 2.24) is 4.98 Å². The summed E-state index contributed by atoms with van der Waals surface area (Å²) in [5, 5.41) is 0.898. The molecule has 2 aromatic carbocycles. The van der Waals surface area contributed by atoms with Crippen LogP contribution in [0, 0.1) is 6.92 Å². The van der Waals surface area contributed by atoms with Crippen LogP contribution in [0.25, 0.3) is 0 Å². The van der Waals surface area contributed by atoms with Crippen molar-refractivity contribution in [3.63, 3.8) is 0 Å². The van der Waals surface area contributed by atoms with Crippen LogP contribution < -0.4 is 9.46 Å². The number of benzene rings is 2. The molecular formula is C18H13Cl3N2O3S. The first-order valence-corrected chi connectivity index (χ1v) is 10.2. The number of hydrogen-bond donors (Lipinski definition) is 1. The van der Waals surface area contributed by atoms with Crippen molar-refractivity contribution >= 4 is 50.5 Å². The summed E-state index contributed by atoms with van der Waals surface area (Å²) < 4.78 is 33.3. The van der Waals surface area contributed by atoms with Crippen molar-refractivity contribution in [1.29, 1.82) is 0 Å². The third-order valence-electron chi connectivity index (χ3n) is 3.52. The number of nitrogens with one attached hydrogen (secondary N) is 1. The van der Waals surface area contributed by atoms with E-state index in [-0.39, 0.29) is 9.92 Å². The summed E-state index contributed by atoms with van der Waals surface area (Å²) in [7, 11) is -3.87. The predicted molar refractivity (Wildman–Crippen MR) is 108 cm³/mol. The second-order valence-corrected chi connectivity index (χ2v) is 8.50. The Hall–Kier alpha value is -1.99. The van der Waals surface area contributed by atoms with Crippen LogP contribution in [0.3, 0.4) is 0 Å². The molecule has 0 saturated heterocycles. The van der Waals surface area contributed by atoms with Crippen molar-refractivity contribution in [2.24, 2.45) is 0 Å². The lowest BCUT2D eigenvalue weighted by molar-refractivity contribution is 0.480. The number of halogens is 3. The topological polar surface area (TPSA) is 68.3 Å². The molecule has 3 rings (SSSR count). The zero-order valence-electron chi connectivity index (χ0n) is 13.9. The Morgan fingerprint density at radius 1 is 0.926 bits per heavy atom. The Bertz CT molecular complexity index is 1090. The summed E-state index contributed by atoms with van der Waals surface area (Å²) in [6.45, 7) is 1.70. The highest BCUT2D eigenvalue weighted by Crippen LogP contribution is 2.30. The fourth-order valence-electron chi connectivity index (χ4n) is 2.22. The van der Waals surface area contributed by atoms with Gasteiger partial charge in [0, 0.05) is 23.0 Å². The van der Waals surface area contributed by atoms with Crippen molar-refractivity contribution < 1.29 is 13.2 Å². The molecular weight excluding hydrogens is 431 g/mol. The zero-order chi connectivity index (χ0) is 19.6. The molecule has 0 spiro atoms. The number of sulfonamides is 1. The molecule has 0 aliphatic heterocycles. The van der Waals surface area contributed by atoms with E-state index in [2.05, 4.69) is 9.71 Å². The molecule has 1 N–H and O–H groups in total. The van der Waals surface area contributed by atoms with Crippen LogP contribution in [-0.2, 0) is 10.0 Å².